The molecule has 1 aliphatic carbocycles. The van der Waals surface area contributed by atoms with E-state index in [-0.39, 0.29) is 11.8 Å². The average Bonchev–Trinajstić information content (AvgIpc) is 3.29. The van der Waals surface area contributed by atoms with Crippen LogP contribution in [0.25, 0.3) is 10.1 Å². The topological polar surface area (TPSA) is 67.4 Å². The van der Waals surface area contributed by atoms with E-state index in [9.17, 15) is 9.59 Å². The van der Waals surface area contributed by atoms with E-state index in [1.165, 1.54) is 27.6 Å². The van der Waals surface area contributed by atoms with Gasteiger partial charge in [-0.15, -0.1) is 22.7 Å². The number of hydrogen-bond donors (Lipinski definition) is 2. The number of amides is 2. The summed E-state index contributed by atoms with van der Waals surface area (Å²) in [6.07, 6.45) is 4.65. The number of carbonyl (C=O) groups is 2. The standard InChI is InChI=1S/C22H22Cl2N2O3S2/c1-29-11-5-10-25-20(27)16-12-6-2-3-8-14(12)31-22(16)26-21(28)19-18(24)17-13(23)7-4-9-15(17)30-19/h4,7,9H,2-3,5-6,8,10-11H2,1H3,(H,25,27)(H,26,28). The van der Waals surface area contributed by atoms with E-state index < -0.39 is 0 Å². The highest BCUT2D eigenvalue weighted by Gasteiger charge is 2.27. The molecule has 2 heterocycles. The first-order valence-electron chi connectivity index (χ1n) is 10.1. The van der Waals surface area contributed by atoms with Crippen LogP contribution in [0.3, 0.4) is 0 Å². The fourth-order valence-electron chi connectivity index (χ4n) is 3.78. The van der Waals surface area contributed by atoms with Gasteiger partial charge in [-0.05, 0) is 49.8 Å². The zero-order chi connectivity index (χ0) is 22.0. The Hall–Kier alpha value is -1.64. The van der Waals surface area contributed by atoms with Crippen molar-refractivity contribution in [3.8, 4) is 0 Å². The zero-order valence-electron chi connectivity index (χ0n) is 17.0. The van der Waals surface area contributed by atoms with Crippen molar-refractivity contribution in [2.75, 3.05) is 25.6 Å². The van der Waals surface area contributed by atoms with Crippen LogP contribution in [0.2, 0.25) is 10.0 Å². The Morgan fingerprint density at radius 2 is 1.94 bits per heavy atom. The van der Waals surface area contributed by atoms with Crippen molar-refractivity contribution in [2.45, 2.75) is 32.1 Å². The van der Waals surface area contributed by atoms with Gasteiger partial charge in [-0.25, -0.2) is 0 Å². The number of hydrogen-bond acceptors (Lipinski definition) is 5. The minimum Gasteiger partial charge on any atom is -0.385 e. The highest BCUT2D eigenvalue weighted by Crippen LogP contribution is 2.42. The van der Waals surface area contributed by atoms with Crippen LogP contribution in [0.1, 0.15) is 49.7 Å². The lowest BCUT2D eigenvalue weighted by Gasteiger charge is -2.13. The lowest BCUT2D eigenvalue weighted by molar-refractivity contribution is 0.0948. The number of benzene rings is 1. The highest BCUT2D eigenvalue weighted by molar-refractivity contribution is 7.22. The maximum Gasteiger partial charge on any atom is 0.267 e. The number of methoxy groups -OCH3 is 1. The van der Waals surface area contributed by atoms with Crippen LogP contribution in [0.5, 0.6) is 0 Å². The molecule has 0 saturated heterocycles. The van der Waals surface area contributed by atoms with Gasteiger partial charge in [0.05, 0.1) is 15.6 Å². The summed E-state index contributed by atoms with van der Waals surface area (Å²) in [5, 5.41) is 8.05. The zero-order valence-corrected chi connectivity index (χ0v) is 20.1. The quantitative estimate of drug-likeness (QED) is 0.384. The van der Waals surface area contributed by atoms with E-state index in [1.807, 2.05) is 12.1 Å². The lowest BCUT2D eigenvalue weighted by Crippen LogP contribution is -2.27. The fourth-order valence-corrected chi connectivity index (χ4v) is 6.91. The van der Waals surface area contributed by atoms with Crippen LogP contribution in [-0.2, 0) is 17.6 Å². The first kappa shape index (κ1) is 22.6. The number of ether oxygens (including phenoxy) is 1. The summed E-state index contributed by atoms with van der Waals surface area (Å²) in [5.74, 6) is -0.481. The third-order valence-corrected chi connectivity index (χ3v) is 8.41. The molecule has 0 radical (unpaired) electrons. The Morgan fingerprint density at radius 1 is 1.13 bits per heavy atom. The predicted octanol–water partition coefficient (Wildman–Crippen LogP) is 6.17. The molecule has 0 saturated carbocycles. The van der Waals surface area contributed by atoms with Crippen LogP contribution >= 0.6 is 45.9 Å². The van der Waals surface area contributed by atoms with Gasteiger partial charge in [0.15, 0.2) is 0 Å². The molecule has 0 fully saturated rings. The second-order valence-corrected chi connectivity index (χ2v) is 10.3. The van der Waals surface area contributed by atoms with E-state index in [0.29, 0.717) is 44.0 Å². The molecule has 0 atom stereocenters. The predicted molar refractivity (Wildman–Crippen MR) is 130 cm³/mol. The maximum absolute atomic E-state index is 13.1. The van der Waals surface area contributed by atoms with Crippen molar-refractivity contribution in [1.82, 2.24) is 5.32 Å². The van der Waals surface area contributed by atoms with E-state index in [1.54, 1.807) is 13.2 Å². The van der Waals surface area contributed by atoms with Crippen LogP contribution in [0.15, 0.2) is 18.2 Å². The van der Waals surface area contributed by atoms with E-state index in [0.717, 1.165) is 42.4 Å². The van der Waals surface area contributed by atoms with Crippen LogP contribution in [-0.4, -0.2) is 32.1 Å². The van der Waals surface area contributed by atoms with Gasteiger partial charge in [-0.1, -0.05) is 29.3 Å². The molecule has 1 aliphatic rings. The average molecular weight is 497 g/mol. The molecule has 2 N–H and O–H groups in total. The maximum atomic E-state index is 13.1. The van der Waals surface area contributed by atoms with Crippen molar-refractivity contribution in [3.05, 3.63) is 49.1 Å². The molecule has 0 spiro atoms. The first-order chi connectivity index (χ1) is 15.0. The van der Waals surface area contributed by atoms with Crippen LogP contribution < -0.4 is 10.6 Å². The minimum atomic E-state index is -0.325. The summed E-state index contributed by atoms with van der Waals surface area (Å²) in [4.78, 5) is 27.7. The molecule has 2 aromatic heterocycles. The number of halogens is 2. The van der Waals surface area contributed by atoms with Gasteiger partial charge < -0.3 is 15.4 Å². The number of aryl methyl sites for hydroxylation is 1. The van der Waals surface area contributed by atoms with Gasteiger partial charge in [0.25, 0.3) is 11.8 Å². The molecule has 5 nitrogen and oxygen atoms in total. The van der Waals surface area contributed by atoms with Crippen molar-refractivity contribution < 1.29 is 14.3 Å². The highest BCUT2D eigenvalue weighted by atomic mass is 35.5. The molecule has 164 valence electrons. The monoisotopic (exact) mass is 496 g/mol. The number of anilines is 1. The van der Waals surface area contributed by atoms with Crippen LogP contribution in [0, 0.1) is 0 Å². The first-order valence-corrected chi connectivity index (χ1v) is 12.5. The number of fused-ring (bicyclic) bond motifs is 2. The van der Waals surface area contributed by atoms with Crippen molar-refractivity contribution in [1.29, 1.82) is 0 Å². The second kappa shape index (κ2) is 9.88. The molecule has 0 bridgehead atoms. The summed E-state index contributed by atoms with van der Waals surface area (Å²) in [6, 6.07) is 5.47. The lowest BCUT2D eigenvalue weighted by atomic mass is 9.95. The number of carbonyl (C=O) groups excluding carboxylic acids is 2. The molecule has 3 aromatic rings. The SMILES string of the molecule is COCCCNC(=O)c1c(NC(=O)c2sc3cccc(Cl)c3c2Cl)sc2c1CCCC2. The summed E-state index contributed by atoms with van der Waals surface area (Å²) >= 11 is 15.6. The molecule has 0 unspecified atom stereocenters. The third-order valence-electron chi connectivity index (χ3n) is 5.25. The van der Waals surface area contributed by atoms with Crippen LogP contribution in [0.4, 0.5) is 5.00 Å². The third kappa shape index (κ3) is 4.61. The fraction of sp³-hybridized carbons (Fsp3) is 0.364. The Bertz CT molecular complexity index is 1140. The van der Waals surface area contributed by atoms with Gasteiger partial charge in [-0.3, -0.25) is 9.59 Å². The molecule has 0 aliphatic heterocycles. The molecule has 31 heavy (non-hydrogen) atoms. The number of thiophene rings is 2. The summed E-state index contributed by atoms with van der Waals surface area (Å²) in [7, 11) is 1.64. The van der Waals surface area contributed by atoms with E-state index in [4.69, 9.17) is 27.9 Å². The summed E-state index contributed by atoms with van der Waals surface area (Å²) in [5.41, 5.74) is 1.64. The molecule has 2 amide bonds. The molecule has 4 rings (SSSR count). The molecule has 9 heteroatoms. The van der Waals surface area contributed by atoms with Crippen molar-refractivity contribution >= 4 is 72.8 Å². The van der Waals surface area contributed by atoms with Gasteiger partial charge in [0.2, 0.25) is 0 Å². The molecular formula is C22H22Cl2N2O3S2. The van der Waals surface area contributed by atoms with Gasteiger partial charge >= 0.3 is 0 Å². The number of nitrogens with one attached hydrogen (secondary N) is 2. The van der Waals surface area contributed by atoms with E-state index in [2.05, 4.69) is 10.6 Å². The van der Waals surface area contributed by atoms with E-state index >= 15 is 0 Å². The summed E-state index contributed by atoms with van der Waals surface area (Å²) in [6.45, 7) is 1.10. The minimum absolute atomic E-state index is 0.156. The van der Waals surface area contributed by atoms with Crippen molar-refractivity contribution in [3.63, 3.8) is 0 Å². The Labute approximate surface area is 198 Å². The summed E-state index contributed by atoms with van der Waals surface area (Å²) < 4.78 is 5.90. The largest absolute Gasteiger partial charge is 0.385 e. The Balaban J connectivity index is 1.63. The van der Waals surface area contributed by atoms with Gasteiger partial charge in [0, 0.05) is 35.2 Å². The van der Waals surface area contributed by atoms with Crippen molar-refractivity contribution in [2.24, 2.45) is 0 Å². The van der Waals surface area contributed by atoms with Gasteiger partial charge in [-0.2, -0.15) is 0 Å². The molecule has 1 aromatic carbocycles. The smallest absolute Gasteiger partial charge is 0.267 e. The second-order valence-electron chi connectivity index (χ2n) is 7.33. The number of rotatable bonds is 7. The molecular weight excluding hydrogens is 475 g/mol. The Morgan fingerprint density at radius 3 is 2.71 bits per heavy atom. The normalized spacial score (nSPS) is 13.3. The Kier molecular flexibility index (Phi) is 7.19. The van der Waals surface area contributed by atoms with Gasteiger partial charge in [0.1, 0.15) is 9.88 Å².